The molecule has 0 unspecified atom stereocenters. The van der Waals surface area contributed by atoms with E-state index in [1.54, 1.807) is 22.7 Å². The van der Waals surface area contributed by atoms with Crippen LogP contribution in [0.4, 0.5) is 5.13 Å². The van der Waals surface area contributed by atoms with Gasteiger partial charge in [-0.15, -0.1) is 22.7 Å². The highest BCUT2D eigenvalue weighted by Gasteiger charge is 2.12. The second-order valence-electron chi connectivity index (χ2n) is 4.37. The molecule has 0 atom stereocenters. The van der Waals surface area contributed by atoms with Gasteiger partial charge >= 0.3 is 0 Å². The number of aromatic nitrogens is 1. The van der Waals surface area contributed by atoms with E-state index in [1.165, 1.54) is 9.75 Å². The lowest BCUT2D eigenvalue weighted by Crippen LogP contribution is -2.15. The van der Waals surface area contributed by atoms with Gasteiger partial charge in [-0.3, -0.25) is 0 Å². The maximum atomic E-state index is 4.66. The summed E-state index contributed by atoms with van der Waals surface area (Å²) in [5, 5.41) is 6.57. The number of thiophene rings is 1. The van der Waals surface area contributed by atoms with Gasteiger partial charge in [-0.2, -0.15) is 0 Å². The molecule has 0 saturated carbocycles. The number of nitrogens with zero attached hydrogens (tertiary/aromatic N) is 2. The first kappa shape index (κ1) is 15.0. The standard InChI is InChI=1S/C13H18BrN3S2/c1-4-15-6-12-9(2)16-13(19-12)17(3)7-11-5-10(14)8-18-11/h5,8,15H,4,6-7H2,1-3H3. The van der Waals surface area contributed by atoms with Gasteiger partial charge in [0.05, 0.1) is 12.2 Å². The van der Waals surface area contributed by atoms with Crippen LogP contribution in [0.5, 0.6) is 0 Å². The molecule has 2 aromatic rings. The van der Waals surface area contributed by atoms with Crippen molar-refractivity contribution in [3.63, 3.8) is 0 Å². The molecule has 0 aliphatic heterocycles. The van der Waals surface area contributed by atoms with Crippen molar-refractivity contribution in [2.45, 2.75) is 26.9 Å². The average molecular weight is 360 g/mol. The molecule has 0 saturated heterocycles. The summed E-state index contributed by atoms with van der Waals surface area (Å²) in [6.45, 7) is 7.02. The number of anilines is 1. The summed E-state index contributed by atoms with van der Waals surface area (Å²) in [4.78, 5) is 9.55. The summed E-state index contributed by atoms with van der Waals surface area (Å²) in [6, 6.07) is 2.17. The Hall–Kier alpha value is -0.430. The highest BCUT2D eigenvalue weighted by atomic mass is 79.9. The third-order valence-corrected chi connectivity index (χ3v) is 5.71. The van der Waals surface area contributed by atoms with E-state index in [0.29, 0.717) is 0 Å². The minimum atomic E-state index is 0.907. The Balaban J connectivity index is 2.04. The molecule has 2 heterocycles. The predicted octanol–water partition coefficient (Wildman–Crippen LogP) is 4.02. The molecule has 104 valence electrons. The minimum absolute atomic E-state index is 0.907. The van der Waals surface area contributed by atoms with Crippen LogP contribution in [0.15, 0.2) is 15.9 Å². The van der Waals surface area contributed by atoms with E-state index in [0.717, 1.165) is 34.9 Å². The smallest absolute Gasteiger partial charge is 0.185 e. The van der Waals surface area contributed by atoms with Crippen LogP contribution in [-0.4, -0.2) is 18.6 Å². The van der Waals surface area contributed by atoms with E-state index < -0.39 is 0 Å². The monoisotopic (exact) mass is 359 g/mol. The van der Waals surface area contributed by atoms with E-state index >= 15 is 0 Å². The molecule has 3 nitrogen and oxygen atoms in total. The van der Waals surface area contributed by atoms with Crippen molar-refractivity contribution in [2.24, 2.45) is 0 Å². The molecule has 19 heavy (non-hydrogen) atoms. The number of aryl methyl sites for hydroxylation is 1. The number of hydrogen-bond acceptors (Lipinski definition) is 5. The largest absolute Gasteiger partial charge is 0.346 e. The molecule has 0 spiro atoms. The van der Waals surface area contributed by atoms with Crippen molar-refractivity contribution >= 4 is 43.7 Å². The lowest BCUT2D eigenvalue weighted by atomic mass is 10.4. The van der Waals surface area contributed by atoms with Crippen LogP contribution in [0.3, 0.4) is 0 Å². The third kappa shape index (κ3) is 4.02. The highest BCUT2D eigenvalue weighted by molar-refractivity contribution is 9.10. The molecule has 0 bridgehead atoms. The highest BCUT2D eigenvalue weighted by Crippen LogP contribution is 2.28. The Morgan fingerprint density at radius 2 is 2.26 bits per heavy atom. The van der Waals surface area contributed by atoms with Crippen LogP contribution in [0.2, 0.25) is 0 Å². The SMILES string of the molecule is CCNCc1sc(N(C)Cc2cc(Br)cs2)nc1C. The Bertz CT molecular complexity index is 536. The Labute approximate surface area is 130 Å². The van der Waals surface area contributed by atoms with E-state index in [1.807, 2.05) is 0 Å². The second-order valence-corrected chi connectivity index (χ2v) is 7.35. The van der Waals surface area contributed by atoms with Crippen LogP contribution in [0.25, 0.3) is 0 Å². The Morgan fingerprint density at radius 1 is 1.47 bits per heavy atom. The van der Waals surface area contributed by atoms with Crippen molar-refractivity contribution in [2.75, 3.05) is 18.5 Å². The molecule has 0 aliphatic carbocycles. The van der Waals surface area contributed by atoms with Crippen LogP contribution in [-0.2, 0) is 13.1 Å². The first-order valence-corrected chi connectivity index (χ1v) is 8.70. The normalized spacial score (nSPS) is 10.9. The van der Waals surface area contributed by atoms with Gasteiger partial charge in [0.2, 0.25) is 0 Å². The zero-order valence-electron chi connectivity index (χ0n) is 11.4. The van der Waals surface area contributed by atoms with Gasteiger partial charge < -0.3 is 10.2 Å². The summed E-state index contributed by atoms with van der Waals surface area (Å²) in [7, 11) is 2.10. The fourth-order valence-corrected chi connectivity index (χ4v) is 4.21. The number of nitrogens with one attached hydrogen (secondary N) is 1. The van der Waals surface area contributed by atoms with E-state index in [-0.39, 0.29) is 0 Å². The fraction of sp³-hybridized carbons (Fsp3) is 0.462. The van der Waals surface area contributed by atoms with E-state index in [9.17, 15) is 0 Å². The van der Waals surface area contributed by atoms with Crippen LogP contribution in [0, 0.1) is 6.92 Å². The Morgan fingerprint density at radius 3 is 2.89 bits per heavy atom. The second kappa shape index (κ2) is 6.83. The molecular weight excluding hydrogens is 342 g/mol. The van der Waals surface area contributed by atoms with Crippen molar-refractivity contribution < 1.29 is 0 Å². The van der Waals surface area contributed by atoms with Gasteiger partial charge in [0.15, 0.2) is 5.13 Å². The fourth-order valence-electron chi connectivity index (χ4n) is 1.72. The minimum Gasteiger partial charge on any atom is -0.346 e. The van der Waals surface area contributed by atoms with Gasteiger partial charge in [0, 0.05) is 33.2 Å². The van der Waals surface area contributed by atoms with Gasteiger partial charge in [-0.1, -0.05) is 6.92 Å². The van der Waals surface area contributed by atoms with Crippen molar-refractivity contribution in [3.8, 4) is 0 Å². The third-order valence-electron chi connectivity index (χ3n) is 2.76. The van der Waals surface area contributed by atoms with Gasteiger partial charge in [-0.25, -0.2) is 4.98 Å². The van der Waals surface area contributed by atoms with E-state index in [4.69, 9.17) is 0 Å². The van der Waals surface area contributed by atoms with Crippen LogP contribution >= 0.6 is 38.6 Å². The molecule has 0 fully saturated rings. The van der Waals surface area contributed by atoms with E-state index in [2.05, 4.69) is 63.5 Å². The number of rotatable bonds is 6. The number of hydrogen-bond donors (Lipinski definition) is 1. The zero-order valence-corrected chi connectivity index (χ0v) is 14.6. The maximum absolute atomic E-state index is 4.66. The maximum Gasteiger partial charge on any atom is 0.185 e. The molecule has 2 aromatic heterocycles. The molecular formula is C13H18BrN3S2. The molecule has 0 aliphatic rings. The van der Waals surface area contributed by atoms with Crippen LogP contribution < -0.4 is 10.2 Å². The lowest BCUT2D eigenvalue weighted by Gasteiger charge is -2.14. The Kier molecular flexibility index (Phi) is 5.38. The van der Waals surface area contributed by atoms with Gasteiger partial charge in [-0.05, 0) is 35.5 Å². The average Bonchev–Trinajstić information content (AvgIpc) is 2.93. The first-order valence-electron chi connectivity index (χ1n) is 6.21. The van der Waals surface area contributed by atoms with Gasteiger partial charge in [0.25, 0.3) is 0 Å². The molecule has 0 radical (unpaired) electrons. The molecule has 1 N–H and O–H groups in total. The lowest BCUT2D eigenvalue weighted by molar-refractivity contribution is 0.731. The summed E-state index contributed by atoms with van der Waals surface area (Å²) < 4.78 is 1.16. The van der Waals surface area contributed by atoms with Crippen LogP contribution in [0.1, 0.15) is 22.4 Å². The summed E-state index contributed by atoms with van der Waals surface area (Å²) in [5.41, 5.74) is 1.14. The molecule has 6 heteroatoms. The predicted molar refractivity (Wildman–Crippen MR) is 88.4 cm³/mol. The summed E-state index contributed by atoms with van der Waals surface area (Å²) >= 11 is 7.05. The number of halogens is 1. The first-order chi connectivity index (χ1) is 9.10. The molecule has 2 rings (SSSR count). The number of thiazole rings is 1. The topological polar surface area (TPSA) is 28.2 Å². The quantitative estimate of drug-likeness (QED) is 0.843. The zero-order chi connectivity index (χ0) is 13.8. The van der Waals surface area contributed by atoms with Crippen molar-refractivity contribution in [1.29, 1.82) is 0 Å². The summed E-state index contributed by atoms with van der Waals surface area (Å²) in [5.74, 6) is 0. The van der Waals surface area contributed by atoms with Crippen molar-refractivity contribution in [1.82, 2.24) is 10.3 Å². The molecule has 0 aromatic carbocycles. The van der Waals surface area contributed by atoms with Gasteiger partial charge in [0.1, 0.15) is 0 Å². The van der Waals surface area contributed by atoms with Crippen molar-refractivity contribution in [3.05, 3.63) is 31.4 Å². The molecule has 0 amide bonds. The summed E-state index contributed by atoms with van der Waals surface area (Å²) in [6.07, 6.45) is 0.